The van der Waals surface area contributed by atoms with Crippen molar-refractivity contribution in [1.29, 1.82) is 0 Å². The summed E-state index contributed by atoms with van der Waals surface area (Å²) in [6, 6.07) is 5.09. The lowest BCUT2D eigenvalue weighted by molar-refractivity contribution is -0.125. The molecule has 1 aromatic rings. The van der Waals surface area contributed by atoms with Gasteiger partial charge in [-0.2, -0.15) is 0 Å². The van der Waals surface area contributed by atoms with Crippen LogP contribution >= 0.6 is 23.2 Å². The summed E-state index contributed by atoms with van der Waals surface area (Å²) in [7, 11) is 0. The topological polar surface area (TPSA) is 70.2 Å². The number of carbonyl (C=O) groups is 2. The van der Waals surface area contributed by atoms with Crippen molar-refractivity contribution in [2.24, 2.45) is 5.92 Å². The van der Waals surface area contributed by atoms with Gasteiger partial charge in [-0.25, -0.2) is 0 Å². The fraction of sp³-hybridized carbons (Fsp3) is 0.529. The van der Waals surface area contributed by atoms with E-state index in [4.69, 9.17) is 23.2 Å². The number of fused-ring (bicyclic) bond motifs is 1. The Morgan fingerprint density at radius 3 is 2.79 bits per heavy atom. The van der Waals surface area contributed by atoms with Gasteiger partial charge in [0.05, 0.1) is 23.3 Å². The van der Waals surface area contributed by atoms with E-state index >= 15 is 0 Å². The second kappa shape index (κ2) is 7.72. The highest BCUT2D eigenvalue weighted by Gasteiger charge is 2.38. The Labute approximate surface area is 151 Å². The minimum Gasteiger partial charge on any atom is -0.346 e. The van der Waals surface area contributed by atoms with Crippen LogP contribution in [0.3, 0.4) is 0 Å². The van der Waals surface area contributed by atoms with E-state index in [2.05, 4.69) is 16.0 Å². The molecule has 3 unspecified atom stereocenters. The Balaban J connectivity index is 1.47. The molecule has 2 aliphatic rings. The Bertz CT molecular complexity index is 624. The fourth-order valence-corrected chi connectivity index (χ4v) is 3.94. The van der Waals surface area contributed by atoms with Gasteiger partial charge in [0, 0.05) is 11.1 Å². The van der Waals surface area contributed by atoms with Crippen LogP contribution in [0, 0.1) is 5.92 Å². The first-order valence-corrected chi connectivity index (χ1v) is 9.07. The highest BCUT2D eigenvalue weighted by molar-refractivity contribution is 6.35. The zero-order chi connectivity index (χ0) is 17.1. The lowest BCUT2D eigenvalue weighted by atomic mass is 9.85. The first kappa shape index (κ1) is 17.5. The molecule has 24 heavy (non-hydrogen) atoms. The average molecular weight is 370 g/mol. The third-order valence-electron chi connectivity index (χ3n) is 4.80. The molecule has 0 bridgehead atoms. The Hall–Kier alpha value is -1.30. The van der Waals surface area contributed by atoms with Gasteiger partial charge in [0.1, 0.15) is 0 Å². The molecule has 3 atom stereocenters. The van der Waals surface area contributed by atoms with Crippen LogP contribution in [-0.4, -0.2) is 30.4 Å². The zero-order valence-electron chi connectivity index (χ0n) is 13.3. The molecular weight excluding hydrogens is 349 g/mol. The van der Waals surface area contributed by atoms with E-state index < -0.39 is 0 Å². The minimum atomic E-state index is -0.331. The smallest absolute Gasteiger partial charge is 0.243 e. The lowest BCUT2D eigenvalue weighted by Gasteiger charge is -2.24. The summed E-state index contributed by atoms with van der Waals surface area (Å²) in [5, 5.41) is 9.64. The van der Waals surface area contributed by atoms with Crippen molar-refractivity contribution in [1.82, 2.24) is 10.6 Å². The minimum absolute atomic E-state index is 0.0881. The summed E-state index contributed by atoms with van der Waals surface area (Å²) in [4.78, 5) is 24.3. The van der Waals surface area contributed by atoms with Gasteiger partial charge in [0.15, 0.2) is 0 Å². The van der Waals surface area contributed by atoms with Gasteiger partial charge in [-0.1, -0.05) is 36.0 Å². The molecule has 1 saturated heterocycles. The van der Waals surface area contributed by atoms with Crippen LogP contribution < -0.4 is 16.0 Å². The summed E-state index contributed by atoms with van der Waals surface area (Å²) >= 11 is 11.9. The Morgan fingerprint density at radius 1 is 1.21 bits per heavy atom. The standard InChI is InChI=1S/C17H21Cl2N3O2/c18-11-5-6-12(19)14(8-11)22-16(23)9-20-17(24)15-7-10-3-1-2-4-13(10)21-15/h5-6,8,10,13,15,21H,1-4,7,9H2,(H,20,24)(H,22,23). The fourth-order valence-electron chi connectivity index (χ4n) is 3.60. The molecule has 1 aliphatic heterocycles. The summed E-state index contributed by atoms with van der Waals surface area (Å²) in [6.07, 6.45) is 5.67. The number of hydrogen-bond donors (Lipinski definition) is 3. The predicted molar refractivity (Wildman–Crippen MR) is 95.4 cm³/mol. The van der Waals surface area contributed by atoms with Gasteiger partial charge < -0.3 is 16.0 Å². The third kappa shape index (κ3) is 4.21. The number of nitrogens with one attached hydrogen (secondary N) is 3. The molecule has 1 aliphatic carbocycles. The zero-order valence-corrected chi connectivity index (χ0v) is 14.8. The number of hydrogen-bond acceptors (Lipinski definition) is 3. The number of anilines is 1. The van der Waals surface area contributed by atoms with Crippen LogP contribution in [0.4, 0.5) is 5.69 Å². The van der Waals surface area contributed by atoms with E-state index in [1.807, 2.05) is 0 Å². The molecule has 2 amide bonds. The van der Waals surface area contributed by atoms with Crippen molar-refractivity contribution >= 4 is 40.7 Å². The van der Waals surface area contributed by atoms with Gasteiger partial charge in [0.2, 0.25) is 11.8 Å². The summed E-state index contributed by atoms with van der Waals surface area (Å²) in [5.41, 5.74) is 0.438. The first-order valence-electron chi connectivity index (χ1n) is 8.31. The van der Waals surface area contributed by atoms with Gasteiger partial charge in [-0.15, -0.1) is 0 Å². The van der Waals surface area contributed by atoms with Crippen molar-refractivity contribution < 1.29 is 9.59 Å². The molecule has 2 fully saturated rings. The molecule has 1 heterocycles. The van der Waals surface area contributed by atoms with E-state index in [1.165, 1.54) is 19.3 Å². The molecule has 1 saturated carbocycles. The Morgan fingerprint density at radius 2 is 2.00 bits per heavy atom. The van der Waals surface area contributed by atoms with Gasteiger partial charge in [-0.05, 0) is 43.4 Å². The SMILES string of the molecule is O=C(CNC(=O)C1CC2CCCCC2N1)Nc1cc(Cl)ccc1Cl. The maximum atomic E-state index is 12.3. The molecule has 1 aromatic carbocycles. The van der Waals surface area contributed by atoms with Crippen LogP contribution in [0.15, 0.2) is 18.2 Å². The number of rotatable bonds is 4. The first-order chi connectivity index (χ1) is 11.5. The van der Waals surface area contributed by atoms with Crippen molar-refractivity contribution in [2.75, 3.05) is 11.9 Å². The molecule has 0 radical (unpaired) electrons. The highest BCUT2D eigenvalue weighted by Crippen LogP contribution is 2.33. The van der Waals surface area contributed by atoms with Crippen molar-refractivity contribution in [3.63, 3.8) is 0 Å². The van der Waals surface area contributed by atoms with Gasteiger partial charge in [-0.3, -0.25) is 9.59 Å². The van der Waals surface area contributed by atoms with Gasteiger partial charge >= 0.3 is 0 Å². The number of amides is 2. The second-order valence-corrected chi connectivity index (χ2v) is 7.34. The predicted octanol–water partition coefficient (Wildman–Crippen LogP) is 2.97. The van der Waals surface area contributed by atoms with Crippen LogP contribution in [0.25, 0.3) is 0 Å². The maximum absolute atomic E-state index is 12.3. The van der Waals surface area contributed by atoms with Crippen LogP contribution in [-0.2, 0) is 9.59 Å². The third-order valence-corrected chi connectivity index (χ3v) is 5.37. The van der Waals surface area contributed by atoms with E-state index in [0.29, 0.717) is 27.7 Å². The lowest BCUT2D eigenvalue weighted by Crippen LogP contribution is -2.45. The van der Waals surface area contributed by atoms with E-state index in [0.717, 1.165) is 12.8 Å². The molecule has 130 valence electrons. The van der Waals surface area contributed by atoms with Crippen molar-refractivity contribution in [2.45, 2.75) is 44.2 Å². The van der Waals surface area contributed by atoms with E-state index in [1.54, 1.807) is 18.2 Å². The molecule has 0 spiro atoms. The maximum Gasteiger partial charge on any atom is 0.243 e. The normalized spacial score (nSPS) is 25.8. The van der Waals surface area contributed by atoms with Crippen LogP contribution in [0.1, 0.15) is 32.1 Å². The number of benzene rings is 1. The van der Waals surface area contributed by atoms with Crippen LogP contribution in [0.5, 0.6) is 0 Å². The quantitative estimate of drug-likeness (QED) is 0.763. The molecule has 5 nitrogen and oxygen atoms in total. The number of halogens is 2. The molecule has 3 rings (SSSR count). The van der Waals surface area contributed by atoms with Gasteiger partial charge in [0.25, 0.3) is 0 Å². The highest BCUT2D eigenvalue weighted by atomic mass is 35.5. The largest absolute Gasteiger partial charge is 0.346 e. The molecular formula is C17H21Cl2N3O2. The summed E-state index contributed by atoms with van der Waals surface area (Å²) in [5.74, 6) is 0.147. The molecule has 3 N–H and O–H groups in total. The van der Waals surface area contributed by atoms with E-state index in [9.17, 15) is 9.59 Å². The molecule has 7 heteroatoms. The summed E-state index contributed by atoms with van der Waals surface area (Å²) in [6.45, 7) is -0.0881. The van der Waals surface area contributed by atoms with Crippen molar-refractivity contribution in [3.8, 4) is 0 Å². The van der Waals surface area contributed by atoms with E-state index in [-0.39, 0.29) is 24.4 Å². The van der Waals surface area contributed by atoms with Crippen molar-refractivity contribution in [3.05, 3.63) is 28.2 Å². The van der Waals surface area contributed by atoms with Crippen LogP contribution in [0.2, 0.25) is 10.0 Å². The second-order valence-electron chi connectivity index (χ2n) is 6.50. The Kier molecular flexibility index (Phi) is 5.64. The monoisotopic (exact) mass is 369 g/mol. The molecule has 0 aromatic heterocycles. The summed E-state index contributed by atoms with van der Waals surface area (Å²) < 4.78 is 0. The average Bonchev–Trinajstić information content (AvgIpc) is 3.00. The number of carbonyl (C=O) groups excluding carboxylic acids is 2.